The molecule has 1 aliphatic carbocycles. The van der Waals surface area contributed by atoms with Gasteiger partial charge in [0.05, 0.1) is 16.7 Å². The van der Waals surface area contributed by atoms with E-state index in [1.165, 1.54) is 71.3 Å². The lowest BCUT2D eigenvalue weighted by atomic mass is 9.81. The van der Waals surface area contributed by atoms with Crippen LogP contribution in [0.1, 0.15) is 47.8 Å². The van der Waals surface area contributed by atoms with Crippen molar-refractivity contribution in [1.82, 2.24) is 9.88 Å². The van der Waals surface area contributed by atoms with E-state index in [-0.39, 0.29) is 11.6 Å². The fourth-order valence-electron chi connectivity index (χ4n) is 9.00. The van der Waals surface area contributed by atoms with Crippen molar-refractivity contribution in [3.63, 3.8) is 0 Å². The normalized spacial score (nSPS) is 15.9. The number of para-hydroxylation sites is 1. The maximum absolute atomic E-state index is 5.23. The maximum Gasteiger partial charge on any atom is 0.159 e. The number of rotatable bonds is 4. The molecule has 1 atom stereocenters. The van der Waals surface area contributed by atoms with Crippen molar-refractivity contribution in [3.8, 4) is 16.8 Å². The zero-order chi connectivity index (χ0) is 36.0. The van der Waals surface area contributed by atoms with E-state index in [1.54, 1.807) is 0 Å². The van der Waals surface area contributed by atoms with Crippen molar-refractivity contribution < 1.29 is 0 Å². The lowest BCUT2D eigenvalue weighted by Crippen LogP contribution is -2.33. The minimum atomic E-state index is -0.304. The Morgan fingerprint density at radius 3 is 2.02 bits per heavy atom. The van der Waals surface area contributed by atoms with Crippen molar-refractivity contribution in [2.45, 2.75) is 25.4 Å². The Morgan fingerprint density at radius 1 is 0.556 bits per heavy atom. The number of aromatic nitrogens is 1. The Hall–Kier alpha value is -6.78. The molecule has 1 aliphatic heterocycles. The van der Waals surface area contributed by atoms with E-state index in [2.05, 4.69) is 169 Å². The first-order valence-corrected chi connectivity index (χ1v) is 18.7. The molecule has 0 amide bonds. The molecule has 2 aliphatic rings. The van der Waals surface area contributed by atoms with Crippen LogP contribution in [0.15, 0.2) is 180 Å². The summed E-state index contributed by atoms with van der Waals surface area (Å²) >= 11 is 0. The van der Waals surface area contributed by atoms with Crippen molar-refractivity contribution in [2.24, 2.45) is 9.98 Å². The van der Waals surface area contributed by atoms with E-state index < -0.39 is 0 Å². The molecule has 0 fully saturated rings. The van der Waals surface area contributed by atoms with Gasteiger partial charge in [0.2, 0.25) is 0 Å². The molecule has 0 bridgehead atoms. The average Bonchev–Trinajstić information content (AvgIpc) is 3.68. The molecular weight excluding hydrogens is 657 g/mol. The van der Waals surface area contributed by atoms with Gasteiger partial charge in [-0.15, -0.1) is 0 Å². The van der Waals surface area contributed by atoms with Gasteiger partial charge in [-0.25, -0.2) is 9.98 Å². The van der Waals surface area contributed by atoms with Gasteiger partial charge < -0.3 is 9.88 Å². The summed E-state index contributed by atoms with van der Waals surface area (Å²) in [5.41, 5.74) is 11.8. The molecule has 9 aromatic rings. The quantitative estimate of drug-likeness (QED) is 0.196. The number of hydrogen-bond acceptors (Lipinski definition) is 3. The molecule has 2 heterocycles. The van der Waals surface area contributed by atoms with Crippen LogP contribution in [0.3, 0.4) is 0 Å². The molecule has 0 saturated carbocycles. The van der Waals surface area contributed by atoms with E-state index >= 15 is 0 Å². The first-order valence-electron chi connectivity index (χ1n) is 18.7. The zero-order valence-corrected chi connectivity index (χ0v) is 30.1. The Balaban J connectivity index is 1.15. The fraction of sp³-hybridized carbons (Fsp3) is 0.0800. The van der Waals surface area contributed by atoms with Gasteiger partial charge in [-0.3, -0.25) is 0 Å². The minimum Gasteiger partial charge on any atom is -0.344 e. The summed E-state index contributed by atoms with van der Waals surface area (Å²) in [7, 11) is 0. The molecule has 0 saturated heterocycles. The Morgan fingerprint density at radius 2 is 1.22 bits per heavy atom. The molecule has 0 spiro atoms. The molecule has 4 nitrogen and oxygen atoms in total. The first-order chi connectivity index (χ1) is 26.5. The second-order valence-electron chi connectivity index (χ2n) is 15.0. The highest BCUT2D eigenvalue weighted by molar-refractivity contribution is 6.22. The molecule has 0 radical (unpaired) electrons. The molecule has 8 aromatic carbocycles. The first kappa shape index (κ1) is 30.8. The largest absolute Gasteiger partial charge is 0.344 e. The van der Waals surface area contributed by atoms with Crippen molar-refractivity contribution in [2.75, 3.05) is 0 Å². The summed E-state index contributed by atoms with van der Waals surface area (Å²) in [5.74, 6) is 1.55. The van der Waals surface area contributed by atoms with Gasteiger partial charge in [-0.1, -0.05) is 166 Å². The number of nitrogens with one attached hydrogen (secondary N) is 1. The van der Waals surface area contributed by atoms with Gasteiger partial charge in [0.1, 0.15) is 12.0 Å². The van der Waals surface area contributed by atoms with Crippen molar-refractivity contribution >= 4 is 55.0 Å². The highest BCUT2D eigenvalue weighted by Crippen LogP contribution is 2.54. The number of amidine groups is 2. The van der Waals surface area contributed by atoms with E-state index in [0.29, 0.717) is 0 Å². The summed E-state index contributed by atoms with van der Waals surface area (Å²) in [4.78, 5) is 10.3. The van der Waals surface area contributed by atoms with Gasteiger partial charge in [-0.05, 0) is 56.6 Å². The van der Waals surface area contributed by atoms with Crippen molar-refractivity contribution in [3.05, 3.63) is 198 Å². The third-order valence-corrected chi connectivity index (χ3v) is 11.6. The van der Waals surface area contributed by atoms with Gasteiger partial charge >= 0.3 is 0 Å². The smallest absolute Gasteiger partial charge is 0.159 e. The van der Waals surface area contributed by atoms with Gasteiger partial charge in [-0.2, -0.15) is 0 Å². The topological polar surface area (TPSA) is 41.7 Å². The van der Waals surface area contributed by atoms with Crippen LogP contribution in [0.5, 0.6) is 0 Å². The Labute approximate surface area is 313 Å². The molecule has 1 unspecified atom stereocenters. The third kappa shape index (κ3) is 4.50. The molecule has 256 valence electrons. The lowest BCUT2D eigenvalue weighted by Gasteiger charge is -2.26. The number of nitrogens with zero attached hydrogens (tertiary/aromatic N) is 3. The van der Waals surface area contributed by atoms with Gasteiger partial charge in [0.15, 0.2) is 5.84 Å². The Bertz CT molecular complexity index is 3040. The van der Waals surface area contributed by atoms with Crippen LogP contribution in [-0.4, -0.2) is 16.2 Å². The van der Waals surface area contributed by atoms with E-state index in [1.807, 2.05) is 24.3 Å². The average molecular weight is 693 g/mol. The predicted octanol–water partition coefficient (Wildman–Crippen LogP) is 11.9. The summed E-state index contributed by atoms with van der Waals surface area (Å²) < 4.78 is 2.54. The van der Waals surface area contributed by atoms with E-state index in [4.69, 9.17) is 9.98 Å². The molecule has 4 heteroatoms. The van der Waals surface area contributed by atoms with Crippen LogP contribution in [0, 0.1) is 0 Å². The highest BCUT2D eigenvalue weighted by atomic mass is 15.2. The number of aliphatic imine (C=N–C) groups is 2. The maximum atomic E-state index is 5.23. The molecule has 1 aromatic heterocycles. The van der Waals surface area contributed by atoms with Crippen LogP contribution in [0.4, 0.5) is 0 Å². The summed E-state index contributed by atoms with van der Waals surface area (Å²) in [6.07, 6.45) is -0.304. The Kier molecular flexibility index (Phi) is 6.62. The van der Waals surface area contributed by atoms with Gasteiger partial charge in [0.25, 0.3) is 0 Å². The van der Waals surface area contributed by atoms with Crippen LogP contribution >= 0.6 is 0 Å². The standard InChI is InChI=1S/C50H36N4/c1-50(2)40-30-35(49-52-47(32-16-5-3-6-17-32)51-48(53-49)33-18-7-4-8-19-33)25-27-38(40)45-41(50)29-34-20-10-12-22-37(34)46(45)54-42-24-14-13-23-39(42)44-36-21-11-9-15-31(36)26-28-43(44)54/h3-30,49H,1-2H3,(H,51,52,53). The second-order valence-corrected chi connectivity index (χ2v) is 15.0. The highest BCUT2D eigenvalue weighted by Gasteiger charge is 2.39. The second kappa shape index (κ2) is 11.6. The van der Waals surface area contributed by atoms with Gasteiger partial charge in [0, 0.05) is 38.3 Å². The zero-order valence-electron chi connectivity index (χ0n) is 30.1. The molecule has 11 rings (SSSR count). The molecule has 54 heavy (non-hydrogen) atoms. The summed E-state index contributed by atoms with van der Waals surface area (Å²) in [6.45, 7) is 4.76. The number of fused-ring (bicyclic) bond motifs is 9. The molecular formula is C50H36N4. The van der Waals surface area contributed by atoms with E-state index in [9.17, 15) is 0 Å². The fourth-order valence-corrected chi connectivity index (χ4v) is 9.00. The lowest BCUT2D eigenvalue weighted by molar-refractivity contribution is 0.646. The predicted molar refractivity (Wildman–Crippen MR) is 225 cm³/mol. The third-order valence-electron chi connectivity index (χ3n) is 11.6. The SMILES string of the molecule is CC1(C)c2cc(C3N=C(c4ccccc4)N=C(c4ccccc4)N3)ccc2-c2c1cc1ccccc1c2-n1c2ccccc2c2c3ccccc3ccc21. The summed E-state index contributed by atoms with van der Waals surface area (Å²) in [6, 6.07) is 61.2. The van der Waals surface area contributed by atoms with Crippen LogP contribution < -0.4 is 5.32 Å². The number of hydrogen-bond donors (Lipinski definition) is 1. The minimum absolute atomic E-state index is 0.262. The number of benzene rings is 8. The van der Waals surface area contributed by atoms with Crippen LogP contribution in [-0.2, 0) is 5.41 Å². The van der Waals surface area contributed by atoms with E-state index in [0.717, 1.165) is 28.4 Å². The monoisotopic (exact) mass is 692 g/mol. The van der Waals surface area contributed by atoms with Crippen LogP contribution in [0.2, 0.25) is 0 Å². The molecule has 1 N–H and O–H groups in total. The summed E-state index contributed by atoms with van der Waals surface area (Å²) in [5, 5.41) is 11.3. The van der Waals surface area contributed by atoms with Crippen molar-refractivity contribution in [1.29, 1.82) is 0 Å². The van der Waals surface area contributed by atoms with Crippen LogP contribution in [0.25, 0.3) is 60.2 Å².